The van der Waals surface area contributed by atoms with Gasteiger partial charge in [-0.05, 0) is 25.8 Å². The molecule has 332 valence electrons. The maximum Gasteiger partial charge on any atom is 0.312 e. The van der Waals surface area contributed by atoms with Crippen molar-refractivity contribution in [2.45, 2.75) is 118 Å². The molecule has 6 rings (SSSR count). The number of piperidine rings is 1. The van der Waals surface area contributed by atoms with Gasteiger partial charge in [-0.3, -0.25) is 19.4 Å². The van der Waals surface area contributed by atoms with Crippen LogP contribution in [0, 0.1) is 36.5 Å². The van der Waals surface area contributed by atoms with Crippen molar-refractivity contribution in [3.8, 4) is 17.2 Å². The van der Waals surface area contributed by atoms with E-state index in [1.807, 2.05) is 0 Å². The largest absolute Gasteiger partial charge is 0.507 e. The summed E-state index contributed by atoms with van der Waals surface area (Å²) in [4.78, 5) is 52.9. The molecule has 1 fully saturated rings. The lowest BCUT2D eigenvalue weighted by atomic mass is 9.78. The van der Waals surface area contributed by atoms with Crippen molar-refractivity contribution in [2.24, 2.45) is 39.6 Å². The second-order valence-electron chi connectivity index (χ2n) is 18.0. The molecule has 61 heavy (non-hydrogen) atoms. The Morgan fingerprint density at radius 3 is 2.28 bits per heavy atom. The van der Waals surface area contributed by atoms with Gasteiger partial charge < -0.3 is 49.6 Å². The number of amides is 1. The number of hydrogen-bond acceptors (Lipinski definition) is 14. The van der Waals surface area contributed by atoms with Gasteiger partial charge in [-0.15, -0.1) is 0 Å². The van der Waals surface area contributed by atoms with E-state index in [0.717, 1.165) is 19.6 Å². The molecule has 4 bridgehead atoms. The van der Waals surface area contributed by atoms with E-state index in [9.17, 15) is 34.8 Å². The van der Waals surface area contributed by atoms with Crippen LogP contribution in [0.5, 0.6) is 17.2 Å². The van der Waals surface area contributed by atoms with Gasteiger partial charge in [0, 0.05) is 93.6 Å². The number of esters is 1. The van der Waals surface area contributed by atoms with Crippen molar-refractivity contribution in [1.82, 2.24) is 4.90 Å². The number of aliphatic hydroxyl groups excluding tert-OH is 2. The third kappa shape index (κ3) is 8.54. The van der Waals surface area contributed by atoms with Gasteiger partial charge in [-0.2, -0.15) is 0 Å². The first-order valence-electron chi connectivity index (χ1n) is 21.2. The first-order chi connectivity index (χ1) is 28.6. The smallest absolute Gasteiger partial charge is 0.312 e. The fraction of sp³-hybridized carbons (Fsp3) is 0.587. The lowest BCUT2D eigenvalue weighted by Crippen LogP contribution is -2.47. The van der Waals surface area contributed by atoms with Gasteiger partial charge in [0.15, 0.2) is 5.75 Å². The molecule has 15 heteroatoms. The number of fused-ring (bicyclic) bond motifs is 1. The third-order valence-corrected chi connectivity index (χ3v) is 12.9. The number of methoxy groups -OCH3 is 1. The summed E-state index contributed by atoms with van der Waals surface area (Å²) >= 11 is 0. The summed E-state index contributed by atoms with van der Waals surface area (Å²) in [5.41, 5.74) is -0.111. The number of carbonyl (C=O) groups is 3. The quantitative estimate of drug-likeness (QED) is 0.208. The van der Waals surface area contributed by atoms with E-state index < -0.39 is 82.9 Å². The molecule has 0 aliphatic carbocycles. The Bertz CT molecular complexity index is 2300. The van der Waals surface area contributed by atoms with Gasteiger partial charge >= 0.3 is 11.8 Å². The molecule has 0 radical (unpaired) electrons. The zero-order valence-corrected chi connectivity index (χ0v) is 37.1. The van der Waals surface area contributed by atoms with Crippen molar-refractivity contribution < 1.29 is 53.8 Å². The maximum atomic E-state index is 14.7. The summed E-state index contributed by atoms with van der Waals surface area (Å²) in [6, 6.07) is 0. The van der Waals surface area contributed by atoms with Crippen LogP contribution >= 0.6 is 0 Å². The molecule has 0 aromatic heterocycles. The average molecular weight is 847 g/mol. The topological polar surface area (TPSA) is 209 Å². The summed E-state index contributed by atoms with van der Waals surface area (Å²) in [7, 11) is 1.47. The van der Waals surface area contributed by atoms with Crippen LogP contribution < -0.4 is 20.8 Å². The van der Waals surface area contributed by atoms with Crippen molar-refractivity contribution in [1.29, 1.82) is 0 Å². The van der Waals surface area contributed by atoms with Crippen LogP contribution in [0.1, 0.15) is 91.1 Å². The number of phenols is 2. The first-order valence-corrected chi connectivity index (χ1v) is 21.2. The van der Waals surface area contributed by atoms with Crippen LogP contribution in [0.15, 0.2) is 46.1 Å². The van der Waals surface area contributed by atoms with E-state index >= 15 is 0 Å². The fourth-order valence-corrected chi connectivity index (χ4v) is 9.24. The number of hydrogen-bond donors (Lipinski definition) is 5. The van der Waals surface area contributed by atoms with E-state index in [2.05, 4.69) is 29.1 Å². The number of likely N-dealkylation sites (tertiary alicyclic amines) is 1. The highest BCUT2D eigenvalue weighted by atomic mass is 16.7. The standard InChI is InChI=1S/C46H62N4O11/c1-22(2)21-50-18-16-46(17-19-50)48-34-31-32-39(54)28(8)42-33(31)43(56)45(10,61-42)59-20-15-30(58-11)25(5)41(60-29(9)51)27(7)38(53)26(6)37(52)23(3)13-12-14-24(4)44(57)47-36(40(32)55)35(34)49-46/h12-15,20,22-23,25-27,30,37-38,41,48,52-55H,16-19,21H2,1-11H3/b13-12+,20-15+,24-14?,47-36?/t23-,25-,26+,27-,30+,37+,38-,41-,45-/m1/s1. The zero-order valence-electron chi connectivity index (χ0n) is 37.1. The van der Waals surface area contributed by atoms with Crippen LogP contribution in [0.4, 0.5) is 5.69 Å². The maximum absolute atomic E-state index is 14.7. The second-order valence-corrected chi connectivity index (χ2v) is 18.0. The van der Waals surface area contributed by atoms with Crippen LogP contribution in [0.2, 0.25) is 0 Å². The molecule has 1 spiro atoms. The number of aromatic hydroxyl groups is 2. The van der Waals surface area contributed by atoms with E-state index in [1.165, 1.54) is 27.2 Å². The molecule has 2 aromatic carbocycles. The molecule has 5 N–H and O–H groups in total. The highest BCUT2D eigenvalue weighted by molar-refractivity contribution is 6.21. The lowest BCUT2D eigenvalue weighted by Gasteiger charge is -2.38. The van der Waals surface area contributed by atoms with Crippen LogP contribution in [-0.2, 0) is 23.8 Å². The molecule has 1 saturated heterocycles. The number of phenolic OH excluding ortho intramolecular Hbond substituents is 2. The number of aliphatic hydroxyl groups is 2. The van der Waals surface area contributed by atoms with Crippen molar-refractivity contribution >= 4 is 34.1 Å². The second kappa shape index (κ2) is 17.5. The molecule has 2 aromatic rings. The number of ether oxygens (including phenoxy) is 4. The summed E-state index contributed by atoms with van der Waals surface area (Å²) in [6.45, 7) is 19.6. The molecule has 0 saturated carbocycles. The van der Waals surface area contributed by atoms with Gasteiger partial charge in [-0.1, -0.05) is 59.8 Å². The van der Waals surface area contributed by atoms with Crippen LogP contribution in [-0.4, -0.2) is 106 Å². The minimum atomic E-state index is -1.95. The van der Waals surface area contributed by atoms with Crippen molar-refractivity contribution in [2.75, 3.05) is 32.1 Å². The van der Waals surface area contributed by atoms with Gasteiger partial charge in [-0.25, -0.2) is 4.99 Å². The van der Waals surface area contributed by atoms with Crippen molar-refractivity contribution in [3.05, 3.63) is 58.0 Å². The van der Waals surface area contributed by atoms with Gasteiger partial charge in [0.2, 0.25) is 0 Å². The number of ketones is 1. The molecule has 15 nitrogen and oxygen atoms in total. The molecular formula is C46H62N4O11. The number of Topliss-reactive ketones (excluding diaryl/α,β-unsaturated/α-hetero) is 1. The first kappa shape index (κ1) is 45.7. The Balaban J connectivity index is 1.55. The van der Waals surface area contributed by atoms with Gasteiger partial charge in [0.1, 0.15) is 34.0 Å². The number of benzene rings is 2. The number of carbonyl (C=O) groups excluding carboxylic acids is 3. The monoisotopic (exact) mass is 846 g/mol. The fourth-order valence-electron chi connectivity index (χ4n) is 9.24. The Hall–Kier alpha value is -4.83. The molecular weight excluding hydrogens is 785 g/mol. The molecule has 1 amide bonds. The average Bonchev–Trinajstić information content (AvgIpc) is 3.71. The number of allylic oxidation sites excluding steroid dienone is 2. The zero-order chi connectivity index (χ0) is 44.9. The van der Waals surface area contributed by atoms with Crippen LogP contribution in [0.3, 0.4) is 0 Å². The Kier molecular flexibility index (Phi) is 13.1. The number of rotatable bonds is 4. The summed E-state index contributed by atoms with van der Waals surface area (Å²) in [5.74, 6) is -6.57. The van der Waals surface area contributed by atoms with Gasteiger partial charge in [0.05, 0.1) is 41.2 Å². The SMILES string of the molecule is CO[C@H]1/C=C/O[C@]2(C)Oc3c(C)c(O)c4c(O)c(c5c(c4c3C2=O)NC2(CCN(CC(C)C)CC2)N=5)=NC(=O)C(C)=C/C=C/[C@@H](C)[C@H](O)[C@H](C)[C@@H](O)[C@@H](C)[C@H](OC(C)=O)[C@@H]1C. The number of nitrogens with one attached hydrogen (secondary N) is 1. The normalized spacial score (nSPS) is 31.8. The molecule has 9 atom stereocenters. The lowest BCUT2D eigenvalue weighted by molar-refractivity contribution is -0.160. The Morgan fingerprint density at radius 1 is 0.984 bits per heavy atom. The number of anilines is 1. The third-order valence-electron chi connectivity index (χ3n) is 12.9. The van der Waals surface area contributed by atoms with E-state index in [-0.39, 0.29) is 49.7 Å². The predicted molar refractivity (Wildman–Crippen MR) is 228 cm³/mol. The minimum Gasteiger partial charge on any atom is -0.507 e. The van der Waals surface area contributed by atoms with Gasteiger partial charge in [0.25, 0.3) is 11.7 Å². The molecule has 4 aliphatic heterocycles. The Labute approximate surface area is 356 Å². The number of nitrogens with zero attached hydrogens (tertiary/aromatic N) is 3. The molecule has 4 aliphatic rings. The van der Waals surface area contributed by atoms with E-state index in [1.54, 1.807) is 65.8 Å². The Morgan fingerprint density at radius 2 is 1.66 bits per heavy atom. The van der Waals surface area contributed by atoms with Crippen LogP contribution in [0.25, 0.3) is 10.8 Å². The summed E-state index contributed by atoms with van der Waals surface area (Å²) in [5, 5.41) is 50.5. The predicted octanol–water partition coefficient (Wildman–Crippen LogP) is 4.75. The van der Waals surface area contributed by atoms with Crippen molar-refractivity contribution in [3.63, 3.8) is 0 Å². The highest BCUT2D eigenvalue weighted by Gasteiger charge is 2.51. The summed E-state index contributed by atoms with van der Waals surface area (Å²) in [6.07, 6.45) is 5.07. The molecule has 4 heterocycles. The summed E-state index contributed by atoms with van der Waals surface area (Å²) < 4.78 is 24.0. The van der Waals surface area contributed by atoms with E-state index in [4.69, 9.17) is 23.9 Å². The molecule has 0 unspecified atom stereocenters. The highest BCUT2D eigenvalue weighted by Crippen LogP contribution is 2.51. The van der Waals surface area contributed by atoms with E-state index in [0.29, 0.717) is 24.4 Å². The minimum absolute atomic E-state index is 0.0538.